The topological polar surface area (TPSA) is 47.0 Å². The molecule has 1 heterocycles. The molecule has 3 rings (SSSR count). The molecule has 0 aliphatic rings. The van der Waals surface area contributed by atoms with Crippen molar-refractivity contribution in [1.29, 1.82) is 0 Å². The van der Waals surface area contributed by atoms with Crippen LogP contribution in [-0.2, 0) is 0 Å². The van der Waals surface area contributed by atoms with Crippen molar-refractivity contribution in [3.8, 4) is 22.4 Å². The Hall–Kier alpha value is -3.07. The molecule has 118 valence electrons. The molecule has 0 N–H and O–H groups in total. The quantitative estimate of drug-likeness (QED) is 0.648. The number of ketones is 2. The van der Waals surface area contributed by atoms with Crippen molar-refractivity contribution in [3.05, 3.63) is 78.0 Å². The van der Waals surface area contributed by atoms with Crippen molar-refractivity contribution < 1.29 is 9.59 Å². The molecule has 0 saturated carbocycles. The predicted octanol–water partition coefficient (Wildman–Crippen LogP) is 4.82. The van der Waals surface area contributed by atoms with E-state index in [1.807, 2.05) is 60.7 Å². The highest BCUT2D eigenvalue weighted by molar-refractivity contribution is 6.12. The van der Waals surface area contributed by atoms with Crippen molar-refractivity contribution in [2.75, 3.05) is 0 Å². The Balaban J connectivity index is 2.40. The van der Waals surface area contributed by atoms with Crippen LogP contribution < -0.4 is 0 Å². The molecule has 0 radical (unpaired) electrons. The third kappa shape index (κ3) is 2.88. The van der Waals surface area contributed by atoms with Crippen molar-refractivity contribution in [2.45, 2.75) is 13.8 Å². The first-order valence-corrected chi connectivity index (χ1v) is 7.75. The first kappa shape index (κ1) is 15.8. The van der Waals surface area contributed by atoms with Crippen molar-refractivity contribution in [1.82, 2.24) is 4.98 Å². The van der Waals surface area contributed by atoms with E-state index >= 15 is 0 Å². The summed E-state index contributed by atoms with van der Waals surface area (Å²) in [4.78, 5) is 29.0. The number of aromatic nitrogens is 1. The van der Waals surface area contributed by atoms with Crippen LogP contribution in [0.1, 0.15) is 34.6 Å². The van der Waals surface area contributed by atoms with Crippen LogP contribution in [0.2, 0.25) is 0 Å². The molecule has 2 aromatic carbocycles. The first-order chi connectivity index (χ1) is 11.6. The molecular formula is C21H17NO2. The minimum atomic E-state index is -0.108. The van der Waals surface area contributed by atoms with E-state index in [0.29, 0.717) is 22.4 Å². The van der Waals surface area contributed by atoms with Gasteiger partial charge in [-0.25, -0.2) is 0 Å². The molecule has 0 unspecified atom stereocenters. The highest BCUT2D eigenvalue weighted by atomic mass is 16.1. The number of pyridine rings is 1. The Morgan fingerprint density at radius 3 is 1.79 bits per heavy atom. The Bertz CT molecular complexity index is 900. The molecule has 0 atom stereocenters. The fourth-order valence-electron chi connectivity index (χ4n) is 2.84. The van der Waals surface area contributed by atoms with E-state index in [9.17, 15) is 9.59 Å². The standard InChI is InChI=1S/C21H17NO2/c1-14(23)18-13-22-21(17-11-7-4-8-12-17)19(15(2)24)20(18)16-9-5-3-6-10-16/h3-13H,1-2H3. The molecule has 1 aromatic heterocycles. The molecule has 3 heteroatoms. The zero-order valence-electron chi connectivity index (χ0n) is 13.6. The number of hydrogen-bond donors (Lipinski definition) is 0. The van der Waals surface area contributed by atoms with E-state index in [1.54, 1.807) is 6.20 Å². The summed E-state index contributed by atoms with van der Waals surface area (Å²) in [5.41, 5.74) is 3.91. The molecule has 0 spiro atoms. The van der Waals surface area contributed by atoms with Crippen molar-refractivity contribution in [3.63, 3.8) is 0 Å². The number of hydrogen-bond acceptors (Lipinski definition) is 3. The maximum absolute atomic E-state index is 12.5. The van der Waals surface area contributed by atoms with Gasteiger partial charge in [0.1, 0.15) is 0 Å². The summed E-state index contributed by atoms with van der Waals surface area (Å²) in [7, 11) is 0. The van der Waals surface area contributed by atoms with Gasteiger partial charge in [-0.05, 0) is 19.4 Å². The van der Waals surface area contributed by atoms with Gasteiger partial charge in [0.25, 0.3) is 0 Å². The summed E-state index contributed by atoms with van der Waals surface area (Å²) in [5, 5.41) is 0. The second-order valence-electron chi connectivity index (χ2n) is 5.61. The van der Waals surface area contributed by atoms with Crippen LogP contribution >= 0.6 is 0 Å². The lowest BCUT2D eigenvalue weighted by atomic mass is 9.89. The lowest BCUT2D eigenvalue weighted by molar-refractivity contribution is 0.101. The van der Waals surface area contributed by atoms with E-state index in [4.69, 9.17) is 0 Å². The van der Waals surface area contributed by atoms with Crippen LogP contribution in [0.3, 0.4) is 0 Å². The molecule has 24 heavy (non-hydrogen) atoms. The highest BCUT2D eigenvalue weighted by Crippen LogP contribution is 2.34. The van der Waals surface area contributed by atoms with E-state index in [2.05, 4.69) is 4.98 Å². The average Bonchev–Trinajstić information content (AvgIpc) is 2.61. The van der Waals surface area contributed by atoms with Gasteiger partial charge in [0, 0.05) is 22.9 Å². The van der Waals surface area contributed by atoms with E-state index in [-0.39, 0.29) is 11.6 Å². The fraction of sp³-hybridized carbons (Fsp3) is 0.0952. The molecule has 3 aromatic rings. The highest BCUT2D eigenvalue weighted by Gasteiger charge is 2.22. The van der Waals surface area contributed by atoms with Crippen LogP contribution in [-0.4, -0.2) is 16.6 Å². The SMILES string of the molecule is CC(=O)c1cnc(-c2ccccc2)c(C(C)=O)c1-c1ccccc1. The Labute approximate surface area is 141 Å². The Kier molecular flexibility index (Phi) is 4.34. The van der Waals surface area contributed by atoms with E-state index in [1.165, 1.54) is 13.8 Å². The van der Waals surface area contributed by atoms with E-state index < -0.39 is 0 Å². The van der Waals surface area contributed by atoms with Crippen LogP contribution in [0, 0.1) is 0 Å². The second-order valence-corrected chi connectivity index (χ2v) is 5.61. The molecular weight excluding hydrogens is 298 g/mol. The van der Waals surface area contributed by atoms with Crippen molar-refractivity contribution in [2.24, 2.45) is 0 Å². The number of carbonyl (C=O) groups excluding carboxylic acids is 2. The third-order valence-corrected chi connectivity index (χ3v) is 3.92. The summed E-state index contributed by atoms with van der Waals surface area (Å²) in [6.45, 7) is 3.01. The molecule has 0 saturated heterocycles. The van der Waals surface area contributed by atoms with Gasteiger partial charge in [-0.15, -0.1) is 0 Å². The van der Waals surface area contributed by atoms with Gasteiger partial charge in [0.15, 0.2) is 11.6 Å². The Morgan fingerprint density at radius 1 is 0.750 bits per heavy atom. The lowest BCUT2D eigenvalue weighted by Crippen LogP contribution is -2.08. The fourth-order valence-corrected chi connectivity index (χ4v) is 2.84. The van der Waals surface area contributed by atoms with Gasteiger partial charge >= 0.3 is 0 Å². The van der Waals surface area contributed by atoms with Gasteiger partial charge in [0.2, 0.25) is 0 Å². The van der Waals surface area contributed by atoms with Gasteiger partial charge in [-0.1, -0.05) is 60.7 Å². The monoisotopic (exact) mass is 315 g/mol. The minimum absolute atomic E-state index is 0.108. The van der Waals surface area contributed by atoms with Gasteiger partial charge in [-0.2, -0.15) is 0 Å². The van der Waals surface area contributed by atoms with Crippen LogP contribution in [0.15, 0.2) is 66.9 Å². The number of carbonyl (C=O) groups is 2. The zero-order valence-corrected chi connectivity index (χ0v) is 13.6. The molecule has 3 nitrogen and oxygen atoms in total. The molecule has 0 amide bonds. The number of benzene rings is 2. The first-order valence-electron chi connectivity index (χ1n) is 7.75. The summed E-state index contributed by atoms with van der Waals surface area (Å²) >= 11 is 0. The van der Waals surface area contributed by atoms with Crippen LogP contribution in [0.5, 0.6) is 0 Å². The largest absolute Gasteiger partial charge is 0.294 e. The molecule has 0 fully saturated rings. The Morgan fingerprint density at radius 2 is 1.29 bits per heavy atom. The summed E-state index contributed by atoms with van der Waals surface area (Å²) in [6, 6.07) is 19.1. The third-order valence-electron chi connectivity index (χ3n) is 3.92. The molecule has 0 aliphatic carbocycles. The maximum Gasteiger partial charge on any atom is 0.162 e. The zero-order chi connectivity index (χ0) is 17.1. The smallest absolute Gasteiger partial charge is 0.162 e. The summed E-state index contributed by atoms with van der Waals surface area (Å²) < 4.78 is 0. The minimum Gasteiger partial charge on any atom is -0.294 e. The van der Waals surface area contributed by atoms with Gasteiger partial charge < -0.3 is 0 Å². The van der Waals surface area contributed by atoms with Crippen molar-refractivity contribution >= 4 is 11.6 Å². The summed E-state index contributed by atoms with van der Waals surface area (Å²) in [5.74, 6) is -0.216. The lowest BCUT2D eigenvalue weighted by Gasteiger charge is -2.15. The van der Waals surface area contributed by atoms with Crippen LogP contribution in [0.25, 0.3) is 22.4 Å². The van der Waals surface area contributed by atoms with Crippen LogP contribution in [0.4, 0.5) is 0 Å². The second kappa shape index (κ2) is 6.59. The summed E-state index contributed by atoms with van der Waals surface area (Å²) in [6.07, 6.45) is 1.57. The van der Waals surface area contributed by atoms with E-state index in [0.717, 1.165) is 11.1 Å². The number of rotatable bonds is 4. The molecule has 0 bridgehead atoms. The predicted molar refractivity (Wildman–Crippen MR) is 95.1 cm³/mol. The average molecular weight is 315 g/mol. The normalized spacial score (nSPS) is 10.4. The van der Waals surface area contributed by atoms with Gasteiger partial charge in [-0.3, -0.25) is 14.6 Å². The maximum atomic E-state index is 12.5. The number of Topliss-reactive ketones (excluding diaryl/α,β-unsaturated/α-hetero) is 2. The van der Waals surface area contributed by atoms with Gasteiger partial charge in [0.05, 0.1) is 11.3 Å². The molecule has 0 aliphatic heterocycles. The number of nitrogens with zero attached hydrogens (tertiary/aromatic N) is 1.